The van der Waals surface area contributed by atoms with Gasteiger partial charge >= 0.3 is 6.03 Å². The van der Waals surface area contributed by atoms with Gasteiger partial charge in [-0.1, -0.05) is 12.1 Å². The Hall–Kier alpha value is -3.03. The fraction of sp³-hybridized carbons (Fsp3) is 0.421. The van der Waals surface area contributed by atoms with Gasteiger partial charge < -0.3 is 24.1 Å². The summed E-state index contributed by atoms with van der Waals surface area (Å²) in [6.45, 7) is 3.22. The molecule has 3 heterocycles. The number of imidazole rings is 1. The highest BCUT2D eigenvalue weighted by Gasteiger charge is 2.26. The van der Waals surface area contributed by atoms with E-state index in [1.165, 1.54) is 12.8 Å². The molecule has 1 N–H and O–H groups in total. The number of nitrogens with zero attached hydrogens (tertiary/aromatic N) is 5. The highest BCUT2D eigenvalue weighted by atomic mass is 16.4. The second-order valence-corrected chi connectivity index (χ2v) is 7.12. The topological polar surface area (TPSA) is 79.4 Å². The van der Waals surface area contributed by atoms with Crippen molar-refractivity contribution in [3.63, 3.8) is 0 Å². The molecule has 1 aliphatic heterocycles. The molecule has 2 aliphatic rings. The van der Waals surface area contributed by atoms with Crippen molar-refractivity contribution in [1.82, 2.24) is 24.8 Å². The second kappa shape index (κ2) is 6.61. The van der Waals surface area contributed by atoms with E-state index in [0.29, 0.717) is 44.8 Å². The molecule has 2 fully saturated rings. The molecular formula is C19H22N6O2. The van der Waals surface area contributed by atoms with Crippen LogP contribution in [0, 0.1) is 0 Å². The lowest BCUT2D eigenvalue weighted by atomic mass is 10.3. The van der Waals surface area contributed by atoms with Gasteiger partial charge in [0.2, 0.25) is 0 Å². The number of anilines is 1. The number of carbonyl (C=O) groups is 1. The zero-order valence-electron chi connectivity index (χ0n) is 15.0. The highest BCUT2D eigenvalue weighted by molar-refractivity contribution is 5.75. The molecule has 5 rings (SSSR count). The lowest BCUT2D eigenvalue weighted by Gasteiger charge is -2.33. The van der Waals surface area contributed by atoms with Crippen LogP contribution in [0.15, 0.2) is 41.2 Å². The van der Waals surface area contributed by atoms with Gasteiger partial charge in [-0.2, -0.15) is 4.98 Å². The molecule has 1 aliphatic carbocycles. The maximum atomic E-state index is 12.5. The summed E-state index contributed by atoms with van der Waals surface area (Å²) in [5, 5.41) is 3.02. The average molecular weight is 366 g/mol. The Morgan fingerprint density at radius 2 is 2.00 bits per heavy atom. The van der Waals surface area contributed by atoms with Crippen molar-refractivity contribution in [2.24, 2.45) is 0 Å². The molecular weight excluding hydrogens is 344 g/mol. The van der Waals surface area contributed by atoms with Crippen molar-refractivity contribution in [1.29, 1.82) is 0 Å². The number of fused-ring (bicyclic) bond motifs is 1. The first-order chi connectivity index (χ1) is 13.3. The Morgan fingerprint density at radius 3 is 2.78 bits per heavy atom. The van der Waals surface area contributed by atoms with Gasteiger partial charge in [0.1, 0.15) is 5.52 Å². The number of oxazole rings is 1. The smallest absolute Gasteiger partial charge is 0.317 e. The fourth-order valence-corrected chi connectivity index (χ4v) is 3.52. The van der Waals surface area contributed by atoms with E-state index < -0.39 is 0 Å². The monoisotopic (exact) mass is 366 g/mol. The van der Waals surface area contributed by atoms with Crippen LogP contribution in [0.2, 0.25) is 0 Å². The maximum Gasteiger partial charge on any atom is 0.317 e. The summed E-state index contributed by atoms with van der Waals surface area (Å²) < 4.78 is 8.00. The van der Waals surface area contributed by atoms with Crippen molar-refractivity contribution in [2.75, 3.05) is 31.1 Å². The number of para-hydroxylation sites is 2. The van der Waals surface area contributed by atoms with Crippen molar-refractivity contribution in [2.45, 2.75) is 25.4 Å². The molecule has 0 bridgehead atoms. The number of aromatic nitrogens is 3. The fourth-order valence-electron chi connectivity index (χ4n) is 3.52. The Kier molecular flexibility index (Phi) is 3.95. The Bertz CT molecular complexity index is 919. The molecule has 27 heavy (non-hydrogen) atoms. The number of hydrogen-bond acceptors (Lipinski definition) is 5. The SMILES string of the molecule is O=C(NCc1cncn1C1CC1)N1CCN(c2nc3ccccc3o2)CC1. The molecule has 1 aromatic carbocycles. The van der Waals surface area contributed by atoms with Crippen LogP contribution in [0.4, 0.5) is 10.8 Å². The van der Waals surface area contributed by atoms with Crippen LogP contribution in [0.3, 0.4) is 0 Å². The van der Waals surface area contributed by atoms with Gasteiger partial charge in [-0.3, -0.25) is 0 Å². The number of nitrogens with one attached hydrogen (secondary N) is 1. The minimum atomic E-state index is -0.0317. The Labute approximate surface area is 156 Å². The van der Waals surface area contributed by atoms with Crippen molar-refractivity contribution >= 4 is 23.1 Å². The van der Waals surface area contributed by atoms with Crippen molar-refractivity contribution in [3.05, 3.63) is 42.5 Å². The summed E-state index contributed by atoms with van der Waals surface area (Å²) in [6, 6.07) is 8.92. The highest BCUT2D eigenvalue weighted by Crippen LogP contribution is 2.35. The largest absolute Gasteiger partial charge is 0.423 e. The molecule has 2 aromatic heterocycles. The van der Waals surface area contributed by atoms with Crippen LogP contribution in [-0.4, -0.2) is 51.6 Å². The number of piperazine rings is 1. The van der Waals surface area contributed by atoms with Crippen LogP contribution < -0.4 is 10.2 Å². The van der Waals surface area contributed by atoms with Gasteiger partial charge in [0.15, 0.2) is 5.58 Å². The predicted molar refractivity (Wildman–Crippen MR) is 101 cm³/mol. The molecule has 2 amide bonds. The third-order valence-electron chi connectivity index (χ3n) is 5.23. The summed E-state index contributed by atoms with van der Waals surface area (Å²) in [5.74, 6) is 0. The van der Waals surface area contributed by atoms with E-state index in [1.54, 1.807) is 0 Å². The first-order valence-corrected chi connectivity index (χ1v) is 9.42. The molecule has 0 radical (unpaired) electrons. The van der Waals surface area contributed by atoms with E-state index in [0.717, 1.165) is 16.8 Å². The summed E-state index contributed by atoms with van der Waals surface area (Å²) in [4.78, 5) is 25.2. The van der Waals surface area contributed by atoms with E-state index in [9.17, 15) is 4.79 Å². The normalized spacial score (nSPS) is 17.5. The Morgan fingerprint density at radius 1 is 1.19 bits per heavy atom. The van der Waals surface area contributed by atoms with Crippen molar-refractivity contribution < 1.29 is 9.21 Å². The van der Waals surface area contributed by atoms with E-state index in [1.807, 2.05) is 41.7 Å². The van der Waals surface area contributed by atoms with Gasteiger partial charge in [-0.15, -0.1) is 0 Å². The third-order valence-corrected chi connectivity index (χ3v) is 5.23. The van der Waals surface area contributed by atoms with Gasteiger partial charge in [0.25, 0.3) is 6.01 Å². The van der Waals surface area contributed by atoms with Gasteiger partial charge in [0, 0.05) is 38.4 Å². The first kappa shape index (κ1) is 16.2. The lowest BCUT2D eigenvalue weighted by molar-refractivity contribution is 0.193. The standard InChI is InChI=1S/C19H22N6O2/c26-18(21-12-15-11-20-13-25(15)14-5-6-14)23-7-9-24(10-8-23)19-22-16-3-1-2-4-17(16)27-19/h1-4,11,13-14H,5-10,12H2,(H,21,26). The van der Waals surface area contributed by atoms with E-state index >= 15 is 0 Å². The summed E-state index contributed by atoms with van der Waals surface area (Å²) in [5.41, 5.74) is 2.72. The molecule has 8 heteroatoms. The molecule has 140 valence electrons. The molecule has 0 spiro atoms. The van der Waals surface area contributed by atoms with Crippen LogP contribution in [-0.2, 0) is 6.54 Å². The quantitative estimate of drug-likeness (QED) is 0.767. The van der Waals surface area contributed by atoms with E-state index in [2.05, 4.69) is 24.8 Å². The van der Waals surface area contributed by atoms with E-state index in [-0.39, 0.29) is 6.03 Å². The minimum Gasteiger partial charge on any atom is -0.423 e. The molecule has 3 aromatic rings. The van der Waals surface area contributed by atoms with Crippen LogP contribution in [0.25, 0.3) is 11.1 Å². The zero-order valence-corrected chi connectivity index (χ0v) is 15.0. The number of carbonyl (C=O) groups excluding carboxylic acids is 1. The minimum absolute atomic E-state index is 0.0317. The summed E-state index contributed by atoms with van der Waals surface area (Å²) in [7, 11) is 0. The molecule has 1 saturated carbocycles. The number of benzene rings is 1. The van der Waals surface area contributed by atoms with Crippen LogP contribution >= 0.6 is 0 Å². The number of urea groups is 1. The van der Waals surface area contributed by atoms with Crippen molar-refractivity contribution in [3.8, 4) is 0 Å². The summed E-state index contributed by atoms with van der Waals surface area (Å²) >= 11 is 0. The molecule has 0 unspecified atom stereocenters. The first-order valence-electron chi connectivity index (χ1n) is 9.42. The maximum absolute atomic E-state index is 12.5. The molecule has 8 nitrogen and oxygen atoms in total. The van der Waals surface area contributed by atoms with E-state index in [4.69, 9.17) is 4.42 Å². The number of amides is 2. The second-order valence-electron chi connectivity index (χ2n) is 7.12. The molecule has 0 atom stereocenters. The predicted octanol–water partition coefficient (Wildman–Crippen LogP) is 2.39. The van der Waals surface area contributed by atoms with Gasteiger partial charge in [-0.05, 0) is 25.0 Å². The van der Waals surface area contributed by atoms with Crippen LogP contribution in [0.1, 0.15) is 24.6 Å². The van der Waals surface area contributed by atoms with Gasteiger partial charge in [0.05, 0.1) is 18.6 Å². The van der Waals surface area contributed by atoms with Gasteiger partial charge in [-0.25, -0.2) is 9.78 Å². The zero-order chi connectivity index (χ0) is 18.2. The summed E-state index contributed by atoms with van der Waals surface area (Å²) in [6.07, 6.45) is 6.10. The third kappa shape index (κ3) is 3.22. The lowest BCUT2D eigenvalue weighted by Crippen LogP contribution is -2.51. The number of rotatable bonds is 4. The average Bonchev–Trinajstić information content (AvgIpc) is 3.28. The van der Waals surface area contributed by atoms with Crippen LogP contribution in [0.5, 0.6) is 0 Å². The molecule has 1 saturated heterocycles. The number of hydrogen-bond donors (Lipinski definition) is 1. The Balaban J connectivity index is 1.16.